The minimum atomic E-state index is 0.429. The molecule has 1 aliphatic rings. The summed E-state index contributed by atoms with van der Waals surface area (Å²) in [5.74, 6) is 0.942. The Morgan fingerprint density at radius 3 is 3.00 bits per heavy atom. The molecular formula is C13H12BrN3. The van der Waals surface area contributed by atoms with E-state index in [0.717, 1.165) is 16.7 Å². The molecule has 1 aromatic carbocycles. The molecule has 86 valence electrons. The maximum atomic E-state index is 4.38. The fraction of sp³-hybridized carbons (Fsp3) is 0.231. The maximum absolute atomic E-state index is 4.38. The molecule has 3 rings (SSSR count). The number of benzene rings is 1. The summed E-state index contributed by atoms with van der Waals surface area (Å²) in [7, 11) is 0. The molecular weight excluding hydrogens is 278 g/mol. The molecule has 17 heavy (non-hydrogen) atoms. The quantitative estimate of drug-likeness (QED) is 0.806. The van der Waals surface area contributed by atoms with Crippen LogP contribution in [0.2, 0.25) is 0 Å². The van der Waals surface area contributed by atoms with E-state index in [4.69, 9.17) is 0 Å². The average molecular weight is 290 g/mol. The summed E-state index contributed by atoms with van der Waals surface area (Å²) in [5.41, 5.74) is 2.63. The van der Waals surface area contributed by atoms with E-state index < -0.39 is 0 Å². The smallest absolute Gasteiger partial charge is 0.151 e. The predicted octanol–water partition coefficient (Wildman–Crippen LogP) is 3.32. The van der Waals surface area contributed by atoms with Crippen LogP contribution in [0.5, 0.6) is 0 Å². The van der Waals surface area contributed by atoms with Crippen LogP contribution < -0.4 is 4.90 Å². The maximum Gasteiger partial charge on any atom is 0.151 e. The largest absolute Gasteiger partial charge is 0.322 e. The molecule has 0 saturated carbocycles. The zero-order chi connectivity index (χ0) is 11.8. The standard InChI is InChI=1S/C13H12BrN3/c1-9-6-10-4-2-3-5-12(10)17(9)13-11(14)7-15-8-16-13/h2-5,7-9H,6H2,1H3. The van der Waals surface area contributed by atoms with Crippen molar-refractivity contribution in [3.8, 4) is 0 Å². The Balaban J connectivity index is 2.13. The van der Waals surface area contributed by atoms with Crippen LogP contribution in [0.25, 0.3) is 0 Å². The summed E-state index contributed by atoms with van der Waals surface area (Å²) in [4.78, 5) is 10.7. The van der Waals surface area contributed by atoms with Gasteiger partial charge in [-0.15, -0.1) is 0 Å². The summed E-state index contributed by atoms with van der Waals surface area (Å²) in [5, 5.41) is 0. The first-order valence-electron chi connectivity index (χ1n) is 5.60. The Labute approximate surface area is 109 Å². The third-order valence-corrected chi connectivity index (χ3v) is 3.64. The van der Waals surface area contributed by atoms with Gasteiger partial charge in [-0.1, -0.05) is 18.2 Å². The molecule has 0 N–H and O–H groups in total. The first-order valence-corrected chi connectivity index (χ1v) is 6.39. The van der Waals surface area contributed by atoms with Gasteiger partial charge in [0.15, 0.2) is 5.82 Å². The van der Waals surface area contributed by atoms with E-state index in [0.29, 0.717) is 6.04 Å². The van der Waals surface area contributed by atoms with Crippen molar-refractivity contribution in [2.75, 3.05) is 4.90 Å². The Bertz CT molecular complexity index is 556. The third-order valence-electron chi connectivity index (χ3n) is 3.08. The fourth-order valence-electron chi connectivity index (χ4n) is 2.37. The number of nitrogens with zero attached hydrogens (tertiary/aromatic N) is 3. The summed E-state index contributed by atoms with van der Waals surface area (Å²) < 4.78 is 0.934. The van der Waals surface area contributed by atoms with Crippen LogP contribution in [0.1, 0.15) is 12.5 Å². The van der Waals surface area contributed by atoms with Crippen molar-refractivity contribution >= 4 is 27.4 Å². The molecule has 1 aliphatic heterocycles. The fourth-order valence-corrected chi connectivity index (χ4v) is 2.78. The molecule has 3 nitrogen and oxygen atoms in total. The highest BCUT2D eigenvalue weighted by molar-refractivity contribution is 9.10. The van der Waals surface area contributed by atoms with Gasteiger partial charge in [0.1, 0.15) is 6.33 Å². The second-order valence-electron chi connectivity index (χ2n) is 4.25. The van der Waals surface area contributed by atoms with Gasteiger partial charge in [-0.25, -0.2) is 9.97 Å². The molecule has 0 spiro atoms. The number of halogens is 1. The number of hydrogen-bond donors (Lipinski definition) is 0. The van der Waals surface area contributed by atoms with Crippen molar-refractivity contribution < 1.29 is 0 Å². The van der Waals surface area contributed by atoms with Crippen LogP contribution in [-0.4, -0.2) is 16.0 Å². The van der Waals surface area contributed by atoms with Crippen LogP contribution in [0.3, 0.4) is 0 Å². The molecule has 1 atom stereocenters. The van der Waals surface area contributed by atoms with Gasteiger partial charge in [0.05, 0.1) is 4.47 Å². The van der Waals surface area contributed by atoms with E-state index in [1.165, 1.54) is 11.3 Å². The molecule has 0 amide bonds. The van der Waals surface area contributed by atoms with E-state index in [-0.39, 0.29) is 0 Å². The van der Waals surface area contributed by atoms with Gasteiger partial charge in [-0.05, 0) is 40.9 Å². The normalized spacial score (nSPS) is 18.2. The van der Waals surface area contributed by atoms with E-state index in [2.05, 4.69) is 62.0 Å². The Kier molecular flexibility index (Phi) is 2.59. The van der Waals surface area contributed by atoms with Crippen LogP contribution in [0.15, 0.2) is 41.3 Å². The molecule has 2 heterocycles. The van der Waals surface area contributed by atoms with Gasteiger partial charge in [0, 0.05) is 17.9 Å². The van der Waals surface area contributed by atoms with E-state index >= 15 is 0 Å². The van der Waals surface area contributed by atoms with E-state index in [9.17, 15) is 0 Å². The second kappa shape index (κ2) is 4.11. The summed E-state index contributed by atoms with van der Waals surface area (Å²) in [6.45, 7) is 2.22. The van der Waals surface area contributed by atoms with Crippen molar-refractivity contribution in [3.63, 3.8) is 0 Å². The van der Waals surface area contributed by atoms with Gasteiger partial charge in [0.25, 0.3) is 0 Å². The summed E-state index contributed by atoms with van der Waals surface area (Å²) in [6, 6.07) is 8.91. The van der Waals surface area contributed by atoms with Crippen LogP contribution in [0, 0.1) is 0 Å². The number of aromatic nitrogens is 2. The molecule has 0 radical (unpaired) electrons. The lowest BCUT2D eigenvalue weighted by Gasteiger charge is -2.24. The van der Waals surface area contributed by atoms with Crippen molar-refractivity contribution in [1.82, 2.24) is 9.97 Å². The highest BCUT2D eigenvalue weighted by Gasteiger charge is 2.28. The molecule has 0 bridgehead atoms. The second-order valence-corrected chi connectivity index (χ2v) is 5.10. The topological polar surface area (TPSA) is 29.0 Å². The number of para-hydroxylation sites is 1. The lowest BCUT2D eigenvalue weighted by Crippen LogP contribution is -2.25. The van der Waals surface area contributed by atoms with Gasteiger partial charge < -0.3 is 4.90 Å². The van der Waals surface area contributed by atoms with Gasteiger partial charge >= 0.3 is 0 Å². The average Bonchev–Trinajstić information content (AvgIpc) is 2.66. The van der Waals surface area contributed by atoms with Crippen LogP contribution in [-0.2, 0) is 6.42 Å². The van der Waals surface area contributed by atoms with Gasteiger partial charge in [-0.3, -0.25) is 0 Å². The minimum absolute atomic E-state index is 0.429. The van der Waals surface area contributed by atoms with Crippen molar-refractivity contribution in [2.45, 2.75) is 19.4 Å². The summed E-state index contributed by atoms with van der Waals surface area (Å²) >= 11 is 3.52. The lowest BCUT2D eigenvalue weighted by molar-refractivity contribution is 0.747. The molecule has 1 aromatic heterocycles. The number of rotatable bonds is 1. The predicted molar refractivity (Wildman–Crippen MR) is 71.5 cm³/mol. The minimum Gasteiger partial charge on any atom is -0.322 e. The monoisotopic (exact) mass is 289 g/mol. The highest BCUT2D eigenvalue weighted by Crippen LogP contribution is 2.39. The molecule has 0 saturated heterocycles. The van der Waals surface area contributed by atoms with Crippen molar-refractivity contribution in [3.05, 3.63) is 46.8 Å². The van der Waals surface area contributed by atoms with Crippen LogP contribution >= 0.6 is 15.9 Å². The van der Waals surface area contributed by atoms with Crippen molar-refractivity contribution in [1.29, 1.82) is 0 Å². The number of fused-ring (bicyclic) bond motifs is 1. The van der Waals surface area contributed by atoms with Gasteiger partial charge in [-0.2, -0.15) is 0 Å². The Morgan fingerprint density at radius 1 is 1.35 bits per heavy atom. The molecule has 4 heteroatoms. The number of hydrogen-bond acceptors (Lipinski definition) is 3. The SMILES string of the molecule is CC1Cc2ccccc2N1c1ncncc1Br. The van der Waals surface area contributed by atoms with Crippen LogP contribution in [0.4, 0.5) is 11.5 Å². The molecule has 0 aliphatic carbocycles. The zero-order valence-electron chi connectivity index (χ0n) is 9.47. The first-order chi connectivity index (χ1) is 8.27. The van der Waals surface area contributed by atoms with Crippen molar-refractivity contribution in [2.24, 2.45) is 0 Å². The Hall–Kier alpha value is -1.42. The number of anilines is 2. The molecule has 0 fully saturated rings. The van der Waals surface area contributed by atoms with E-state index in [1.54, 1.807) is 12.5 Å². The summed E-state index contributed by atoms with van der Waals surface area (Å²) in [6.07, 6.45) is 4.44. The highest BCUT2D eigenvalue weighted by atomic mass is 79.9. The van der Waals surface area contributed by atoms with E-state index in [1.807, 2.05) is 0 Å². The van der Waals surface area contributed by atoms with Gasteiger partial charge in [0.2, 0.25) is 0 Å². The Morgan fingerprint density at radius 2 is 2.18 bits per heavy atom. The lowest BCUT2D eigenvalue weighted by atomic mass is 10.1. The zero-order valence-corrected chi connectivity index (χ0v) is 11.1. The molecule has 2 aromatic rings. The first kappa shape index (κ1) is 10.7. The molecule has 1 unspecified atom stereocenters. The third kappa shape index (κ3) is 1.72.